The number of nitrogens with two attached hydrogens (primary N) is 1. The van der Waals surface area contributed by atoms with Crippen molar-refractivity contribution in [1.82, 2.24) is 26.6 Å². The number of amides is 5. The van der Waals surface area contributed by atoms with Crippen LogP contribution in [0.3, 0.4) is 0 Å². The van der Waals surface area contributed by atoms with Crippen molar-refractivity contribution in [3.63, 3.8) is 0 Å². The van der Waals surface area contributed by atoms with Crippen molar-refractivity contribution >= 4 is 35.3 Å². The number of ketones is 1. The summed E-state index contributed by atoms with van der Waals surface area (Å²) in [6.07, 6.45) is 4.11. The van der Waals surface area contributed by atoms with Crippen molar-refractivity contribution in [2.45, 2.75) is 89.4 Å². The summed E-state index contributed by atoms with van der Waals surface area (Å²) in [5.41, 5.74) is 7.45. The van der Waals surface area contributed by atoms with Gasteiger partial charge in [0.1, 0.15) is 47.0 Å². The number of nitriles is 1. The summed E-state index contributed by atoms with van der Waals surface area (Å²) in [4.78, 5) is 75.4. The average molecular weight is 886 g/mol. The Kier molecular flexibility index (Phi) is 18.1. The van der Waals surface area contributed by atoms with Crippen LogP contribution < -0.4 is 41.8 Å². The minimum atomic E-state index is -1.13. The lowest BCUT2D eigenvalue weighted by Gasteiger charge is -2.25. The van der Waals surface area contributed by atoms with Crippen LogP contribution in [0.5, 0.6) is 11.5 Å². The normalized spacial score (nSPS) is 22.0. The second kappa shape index (κ2) is 23.9. The summed E-state index contributed by atoms with van der Waals surface area (Å²) in [5, 5.41) is 23.0. The minimum Gasteiger partial charge on any atom is -0.484 e. The number of ether oxygens (including phenoxy) is 2. The largest absolute Gasteiger partial charge is 0.484 e. The first-order chi connectivity index (χ1) is 30.7. The summed E-state index contributed by atoms with van der Waals surface area (Å²) >= 11 is 0. The van der Waals surface area contributed by atoms with E-state index in [1.165, 1.54) is 42.5 Å². The monoisotopic (exact) mass is 885 g/mol. The van der Waals surface area contributed by atoms with Gasteiger partial charge in [0.2, 0.25) is 17.7 Å². The summed E-state index contributed by atoms with van der Waals surface area (Å²) in [6, 6.07) is 17.1. The first-order valence-electron chi connectivity index (χ1n) is 21.6. The molecule has 342 valence electrons. The fraction of sp³-hybridized carbons (Fsp3) is 0.468. The highest BCUT2D eigenvalue weighted by atomic mass is 19.1. The number of rotatable bonds is 13. The lowest BCUT2D eigenvalue weighted by Crippen LogP contribution is -2.53. The van der Waals surface area contributed by atoms with Gasteiger partial charge in [-0.3, -0.25) is 28.8 Å². The Morgan fingerprint density at radius 1 is 0.906 bits per heavy atom. The van der Waals surface area contributed by atoms with E-state index in [0.717, 1.165) is 18.4 Å². The number of halogens is 2. The van der Waals surface area contributed by atoms with Crippen LogP contribution in [0.2, 0.25) is 0 Å². The maximum absolute atomic E-state index is 13.6. The molecule has 7 N–H and O–H groups in total. The molecule has 3 heterocycles. The summed E-state index contributed by atoms with van der Waals surface area (Å²) in [7, 11) is 0. The molecule has 4 aliphatic rings. The van der Waals surface area contributed by atoms with E-state index in [9.17, 15) is 42.8 Å². The fourth-order valence-electron chi connectivity index (χ4n) is 8.01. The summed E-state index contributed by atoms with van der Waals surface area (Å²) in [6.45, 7) is 4.16. The number of carbonyl (C=O) groups excluding carboxylic acids is 6. The van der Waals surface area contributed by atoms with Crippen LogP contribution in [0.4, 0.5) is 8.78 Å². The van der Waals surface area contributed by atoms with Gasteiger partial charge in [-0.25, -0.2) is 8.78 Å². The van der Waals surface area contributed by atoms with Gasteiger partial charge in [-0.2, -0.15) is 5.26 Å². The molecule has 5 amide bonds. The van der Waals surface area contributed by atoms with E-state index >= 15 is 0 Å². The van der Waals surface area contributed by atoms with E-state index in [2.05, 4.69) is 26.6 Å². The zero-order valence-corrected chi connectivity index (χ0v) is 36.1. The smallest absolute Gasteiger partial charge is 0.258 e. The average Bonchev–Trinajstić information content (AvgIpc) is 3.84. The molecule has 3 aromatic carbocycles. The van der Waals surface area contributed by atoms with Gasteiger partial charge in [0.15, 0.2) is 13.2 Å². The third-order valence-electron chi connectivity index (χ3n) is 11.3. The van der Waals surface area contributed by atoms with E-state index in [0.29, 0.717) is 43.5 Å². The molecular formula is C47H57F2N7O8. The van der Waals surface area contributed by atoms with Crippen molar-refractivity contribution in [3.05, 3.63) is 95.6 Å². The summed E-state index contributed by atoms with van der Waals surface area (Å²) in [5.74, 6) is -2.14. The molecule has 3 aliphatic heterocycles. The molecular weight excluding hydrogens is 829 g/mol. The zero-order valence-electron chi connectivity index (χ0n) is 36.1. The van der Waals surface area contributed by atoms with Gasteiger partial charge < -0.3 is 41.8 Å². The number of Topliss-reactive ketones (excluding diaryl/α,β-unsaturated/α-hetero) is 1. The van der Waals surface area contributed by atoms with E-state index < -0.39 is 48.2 Å². The van der Waals surface area contributed by atoms with Gasteiger partial charge in [0.25, 0.3) is 11.8 Å². The van der Waals surface area contributed by atoms with Gasteiger partial charge in [0.05, 0.1) is 6.07 Å². The van der Waals surface area contributed by atoms with Crippen molar-refractivity contribution < 1.29 is 47.0 Å². The molecule has 7 atom stereocenters. The molecule has 1 saturated heterocycles. The van der Waals surface area contributed by atoms with Crippen LogP contribution in [0.25, 0.3) is 0 Å². The molecule has 64 heavy (non-hydrogen) atoms. The lowest BCUT2D eigenvalue weighted by atomic mass is 9.92. The molecule has 0 radical (unpaired) electrons. The van der Waals surface area contributed by atoms with E-state index in [-0.39, 0.29) is 85.0 Å². The highest BCUT2D eigenvalue weighted by molar-refractivity contribution is 5.90. The highest BCUT2D eigenvalue weighted by Gasteiger charge is 2.36. The predicted molar refractivity (Wildman–Crippen MR) is 231 cm³/mol. The number of fused-ring (bicyclic) bond motifs is 10. The fourth-order valence-corrected chi connectivity index (χ4v) is 8.01. The van der Waals surface area contributed by atoms with Crippen LogP contribution in [0.1, 0.15) is 63.5 Å². The Morgan fingerprint density at radius 2 is 1.64 bits per heavy atom. The first-order valence-corrected chi connectivity index (χ1v) is 21.6. The Labute approximate surface area is 371 Å². The van der Waals surface area contributed by atoms with Crippen LogP contribution in [0, 0.1) is 46.6 Å². The molecule has 2 fully saturated rings. The number of nitrogens with zero attached hydrogens (tertiary/aromatic N) is 1. The van der Waals surface area contributed by atoms with E-state index in [1.807, 2.05) is 44.2 Å². The van der Waals surface area contributed by atoms with Crippen LogP contribution >= 0.6 is 0 Å². The molecule has 0 spiro atoms. The molecule has 1 aliphatic carbocycles. The summed E-state index contributed by atoms with van der Waals surface area (Å²) < 4.78 is 37.5. The third-order valence-corrected chi connectivity index (χ3v) is 11.3. The molecule has 7 rings (SSSR count). The first kappa shape index (κ1) is 48.6. The number of hydrogen-bond acceptors (Lipinski definition) is 10. The van der Waals surface area contributed by atoms with Crippen molar-refractivity contribution in [2.75, 3.05) is 26.3 Å². The van der Waals surface area contributed by atoms with Gasteiger partial charge in [-0.1, -0.05) is 38.1 Å². The van der Waals surface area contributed by atoms with Crippen LogP contribution in [-0.4, -0.2) is 85.8 Å². The molecule has 1 unspecified atom stereocenters. The van der Waals surface area contributed by atoms with Gasteiger partial charge in [0, 0.05) is 43.3 Å². The predicted octanol–water partition coefficient (Wildman–Crippen LogP) is 3.19. The second-order valence-corrected chi connectivity index (χ2v) is 16.8. The van der Waals surface area contributed by atoms with Gasteiger partial charge >= 0.3 is 0 Å². The van der Waals surface area contributed by atoms with Crippen LogP contribution in [0.15, 0.2) is 72.8 Å². The number of hydrogen-bond donors (Lipinski definition) is 6. The topological polar surface area (TPSA) is 231 Å². The number of benzene rings is 3. The molecule has 4 bridgehead atoms. The lowest BCUT2D eigenvalue weighted by molar-refractivity contribution is -0.131. The molecule has 3 aromatic rings. The number of carbonyl (C=O) groups is 6. The Bertz CT molecular complexity index is 2130. The molecule has 15 nitrogen and oxygen atoms in total. The van der Waals surface area contributed by atoms with Crippen LogP contribution in [-0.2, 0) is 41.6 Å². The third kappa shape index (κ3) is 15.1. The number of nitrogens with one attached hydrogen (secondary N) is 5. The molecule has 17 heteroatoms. The van der Waals surface area contributed by atoms with E-state index in [1.54, 1.807) is 6.07 Å². The maximum atomic E-state index is 13.6. The van der Waals surface area contributed by atoms with Gasteiger partial charge in [-0.15, -0.1) is 0 Å². The van der Waals surface area contributed by atoms with Crippen molar-refractivity contribution in [2.24, 2.45) is 29.4 Å². The van der Waals surface area contributed by atoms with Gasteiger partial charge in [-0.05, 0) is 111 Å². The van der Waals surface area contributed by atoms with E-state index in [4.69, 9.17) is 15.2 Å². The highest BCUT2D eigenvalue weighted by Crippen LogP contribution is 2.33. The van der Waals surface area contributed by atoms with Crippen molar-refractivity contribution in [3.8, 4) is 17.6 Å². The standard InChI is InChI=1S/C24H24F2N4O4.C23H33N3O4/c25-17-4-6-20(7-5-17)34-14-22(31)30-21(11-15-2-1-3-18(26)10-15)24(33)29-19(13-27)12-16-8-9-28-23(16)32;1-14(2)9-20-23(29)25-18(12-24)11-17-6-5-16(22(17)28)10-15-3-7-19(8-4-15)30-13-21(27)26-20/h1-7,10,16,19,21H,8-9,11-12,14H2,(H,28,32)(H,29,33)(H,30,31);3-4,7-8,14,16-18,20H,5-6,9-13,24H2,1-2H3,(H,25,29)(H,26,27)/t16-,19-,21-;16?,17-,18-,20-/m00/s1. The Morgan fingerprint density at radius 3 is 2.30 bits per heavy atom. The Balaban J connectivity index is 0.000000243. The maximum Gasteiger partial charge on any atom is 0.258 e. The molecule has 0 aromatic heterocycles. The second-order valence-electron chi connectivity index (χ2n) is 16.8. The minimum absolute atomic E-state index is 0.00325. The molecule has 1 saturated carbocycles. The van der Waals surface area contributed by atoms with Crippen molar-refractivity contribution in [1.29, 1.82) is 5.26 Å². The Hall–Kier alpha value is -6.41. The zero-order chi connectivity index (χ0) is 46.2. The quantitative estimate of drug-likeness (QED) is 0.137. The SMILES string of the molecule is CC(C)C[C@@H]1NC(=O)COc2ccc(cc2)CC2CC[C@@H](C[C@@H](CN)NC1=O)C2=O.N#C[C@H](C[C@@H]1CCNC1=O)NC(=O)[C@H](Cc1cccc(F)c1)NC(=O)COc1ccc(F)cc1.